The number of rotatable bonds is 17. The Balaban J connectivity index is 0.000000117. The van der Waals surface area contributed by atoms with E-state index in [1.165, 1.54) is 12.5 Å². The number of fused-ring (bicyclic) bond motifs is 5. The van der Waals surface area contributed by atoms with Crippen molar-refractivity contribution in [3.8, 4) is 55.6 Å². The summed E-state index contributed by atoms with van der Waals surface area (Å²) in [5, 5.41) is 52.7. The molecule has 5 aromatic carbocycles. The predicted octanol–water partition coefficient (Wildman–Crippen LogP) is 15.2. The number of carbonyl (C=O) groups is 5. The number of carbonyl (C=O) groups excluding carboxylic acids is 5. The van der Waals surface area contributed by atoms with Crippen molar-refractivity contribution in [2.24, 2.45) is 0 Å². The minimum absolute atomic E-state index is 0.268. The van der Waals surface area contributed by atoms with Crippen LogP contribution in [-0.2, 0) is 9.71 Å². The molecule has 0 aliphatic heterocycles. The zero-order chi connectivity index (χ0) is 87.6. The fourth-order valence-electron chi connectivity index (χ4n) is 13.1. The lowest BCUT2D eigenvalue weighted by Crippen LogP contribution is -2.14. The highest BCUT2D eigenvalue weighted by atomic mass is 32.2. The Bertz CT molecular complexity index is 7100. The van der Waals surface area contributed by atoms with Crippen LogP contribution in [0.25, 0.3) is 110 Å². The summed E-state index contributed by atoms with van der Waals surface area (Å²) in [6.07, 6.45) is 29.8. The van der Waals surface area contributed by atoms with Gasteiger partial charge in [-0.15, -0.1) is 0 Å². The van der Waals surface area contributed by atoms with Gasteiger partial charge in [-0.1, -0.05) is 60.7 Å². The third-order valence-electron chi connectivity index (χ3n) is 19.1. The summed E-state index contributed by atoms with van der Waals surface area (Å²) in [6.45, 7) is 0. The number of aromatic nitrogens is 20. The first kappa shape index (κ1) is 82.4. The number of aromatic amines is 5. The Morgan fingerprint density at radius 3 is 0.898 bits per heavy atom. The smallest absolute Gasteiger partial charge is 0.277 e. The van der Waals surface area contributed by atoms with Crippen molar-refractivity contribution >= 4 is 146 Å². The quantitative estimate of drug-likeness (QED) is 0.0377. The van der Waals surface area contributed by atoms with Crippen LogP contribution in [0, 0.1) is 0 Å². The van der Waals surface area contributed by atoms with E-state index in [9.17, 15) is 28.2 Å². The SMILES string of the molecule is C=S(C)(=O)Nc1ccc(NC(=O)c2n[nH]c3ccc(-c4cccnc4)cc23)cn1.Nc1cncc(-c2ccc3[nH]nc(C(=O)Nc4ccccn4)c3c2)c1.Nc1cncc(-c2ccc3[nH]nc(C(=O)Nc4ccncc4)c3c2)c1.O=C(Nc1ccccn1)c1n[nH]c2ccc(-c3cccnc3)cc12.O=C(Nc1ccncc1)c1n[nH]c2ccc(-c3cccnc3)cc12. The van der Waals surface area contributed by atoms with E-state index in [0.717, 1.165) is 99.4 Å². The highest BCUT2D eigenvalue weighted by molar-refractivity contribution is 8.00. The highest BCUT2D eigenvalue weighted by Crippen LogP contribution is 2.33. The molecular weight excluding hydrogens is 1630 g/mol. The lowest BCUT2D eigenvalue weighted by atomic mass is 10.0. The van der Waals surface area contributed by atoms with Gasteiger partial charge in [-0.05, 0) is 185 Å². The maximum absolute atomic E-state index is 12.7. The van der Waals surface area contributed by atoms with Crippen LogP contribution >= 0.6 is 0 Å². The van der Waals surface area contributed by atoms with E-state index >= 15 is 0 Å². The van der Waals surface area contributed by atoms with E-state index in [1.54, 1.807) is 166 Å². The number of hydrogen-bond acceptors (Lipinski definition) is 23. The summed E-state index contributed by atoms with van der Waals surface area (Å²) in [5.41, 5.74) is 29.5. The van der Waals surface area contributed by atoms with Gasteiger partial charge in [-0.2, -0.15) is 25.5 Å². The fraction of sp³-hybridized carbons (Fsp3) is 0.0109. The zero-order valence-corrected chi connectivity index (χ0v) is 67.8. The summed E-state index contributed by atoms with van der Waals surface area (Å²) in [4.78, 5) is 104. The molecule has 0 spiro atoms. The minimum Gasteiger partial charge on any atom is -0.397 e. The van der Waals surface area contributed by atoms with E-state index in [0.29, 0.717) is 79.4 Å². The molecule has 20 rings (SSSR count). The molecule has 35 heteroatoms. The van der Waals surface area contributed by atoms with Gasteiger partial charge in [0.05, 0.1) is 50.8 Å². The molecule has 15 N–H and O–H groups in total. The van der Waals surface area contributed by atoms with Gasteiger partial charge in [0.25, 0.3) is 29.5 Å². The van der Waals surface area contributed by atoms with Crippen molar-refractivity contribution < 1.29 is 28.2 Å². The van der Waals surface area contributed by atoms with E-state index < -0.39 is 9.71 Å². The van der Waals surface area contributed by atoms with Gasteiger partial charge in [0.1, 0.15) is 17.5 Å². The highest BCUT2D eigenvalue weighted by Gasteiger charge is 2.22. The number of pyridine rings is 10. The third-order valence-corrected chi connectivity index (χ3v) is 19.7. The van der Waals surface area contributed by atoms with Crippen LogP contribution in [-0.4, -0.2) is 147 Å². The van der Waals surface area contributed by atoms with E-state index in [-0.39, 0.29) is 35.2 Å². The lowest BCUT2D eigenvalue weighted by molar-refractivity contribution is 0.101. The Kier molecular flexibility index (Phi) is 24.6. The Labute approximate surface area is 721 Å². The van der Waals surface area contributed by atoms with Crippen molar-refractivity contribution in [2.45, 2.75) is 0 Å². The maximum Gasteiger partial charge on any atom is 0.277 e. The molecular formula is C92H72N28O6S. The summed E-state index contributed by atoms with van der Waals surface area (Å²) < 4.78 is 14.4. The number of nitrogens with one attached hydrogen (secondary N) is 11. The first-order chi connectivity index (χ1) is 61.9. The normalized spacial score (nSPS) is 11.2. The zero-order valence-electron chi connectivity index (χ0n) is 66.9. The van der Waals surface area contributed by atoms with E-state index in [4.69, 9.17) is 11.5 Å². The second-order valence-electron chi connectivity index (χ2n) is 28.1. The van der Waals surface area contributed by atoms with Crippen LogP contribution in [0.15, 0.2) is 318 Å². The van der Waals surface area contributed by atoms with Crippen LogP contribution in [0.3, 0.4) is 0 Å². The Morgan fingerprint density at radius 2 is 0.606 bits per heavy atom. The molecule has 0 saturated carbocycles. The van der Waals surface area contributed by atoms with E-state index in [2.05, 4.69) is 138 Å². The summed E-state index contributed by atoms with van der Waals surface area (Å²) in [6, 6.07) is 64.8. The number of H-pyrrole nitrogens is 5. The van der Waals surface area contributed by atoms with Crippen LogP contribution in [0.5, 0.6) is 0 Å². The number of amides is 5. The monoisotopic (exact) mass is 1700 g/mol. The van der Waals surface area contributed by atoms with Gasteiger partial charge < -0.3 is 38.1 Å². The maximum atomic E-state index is 12.7. The molecule has 127 heavy (non-hydrogen) atoms. The van der Waals surface area contributed by atoms with Gasteiger partial charge in [0.2, 0.25) is 0 Å². The molecule has 15 aromatic heterocycles. The largest absolute Gasteiger partial charge is 0.397 e. The number of nitrogens with two attached hydrogens (primary N) is 2. The van der Waals surface area contributed by atoms with Crippen LogP contribution in [0.4, 0.5) is 45.9 Å². The summed E-state index contributed by atoms with van der Waals surface area (Å²) in [7, 11) is -2.42. The molecule has 0 aliphatic rings. The average molecular weight is 1700 g/mol. The van der Waals surface area contributed by atoms with Gasteiger partial charge in [0, 0.05) is 181 Å². The second kappa shape index (κ2) is 38.0. The number of benzene rings is 5. The standard InChI is InChI=1S/C20H18N6O2S.2C18H14N6O.2C18H13N5O/c1-29(2,28)26-18-8-6-15(12-22-18)23-20(27)19-16-10-13(5-7-17(16)24-25-19)14-4-3-9-21-11-14;19-13-7-12(9-21-10-13)11-1-2-16-15(8-11)17(24-23-16)18(25)22-14-3-5-20-6-4-14;19-13-7-12(9-20-10-13)11-4-5-15-14(8-11)17(24-23-15)18(25)22-16-3-1-2-6-21-16;24-18(21-14-5-8-19-9-6-14)17-15-10-12(3-4-16(15)22-23-17)13-2-1-7-20-11-13;24-18(21-16-5-1-2-9-20-16)17-14-10-12(6-7-15(14)22-23-17)13-4-3-8-19-11-13/h3-12H,1H2,2H3,(H,23,27)(H,24,25)(H,22,26,28);1-10H,19H2,(H,23,24)(H,20,22,25);1-10H,19H2,(H,23,24)(H,21,22,25);1-11H,(H,22,23)(H,19,21,24);1-11H,(H,22,23)(H,20,21,24). The van der Waals surface area contributed by atoms with Gasteiger partial charge >= 0.3 is 0 Å². The summed E-state index contributed by atoms with van der Waals surface area (Å²) >= 11 is 0. The number of hydrogen-bond donors (Lipinski definition) is 13. The van der Waals surface area contributed by atoms with Gasteiger partial charge in [-0.25, -0.2) is 19.2 Å². The number of nitrogens with zero attached hydrogens (tertiary/aromatic N) is 15. The minimum atomic E-state index is -2.42. The molecule has 0 aliphatic carbocycles. The molecule has 1 atom stereocenters. The Morgan fingerprint density at radius 1 is 0.283 bits per heavy atom. The van der Waals surface area contributed by atoms with Crippen molar-refractivity contribution in [1.82, 2.24) is 101 Å². The van der Waals surface area contributed by atoms with Crippen LogP contribution in [0.2, 0.25) is 0 Å². The molecule has 15 heterocycles. The molecule has 0 radical (unpaired) electrons. The second-order valence-corrected chi connectivity index (χ2v) is 30.3. The predicted molar refractivity (Wildman–Crippen MR) is 491 cm³/mol. The van der Waals surface area contributed by atoms with Gasteiger partial charge in [0.15, 0.2) is 28.5 Å². The fourth-order valence-corrected chi connectivity index (χ4v) is 13.6. The number of nitrogen functional groups attached to an aromatic ring is 2. The topological polar surface area (TPSA) is 499 Å². The molecule has 622 valence electrons. The van der Waals surface area contributed by atoms with Crippen molar-refractivity contribution in [3.05, 3.63) is 346 Å². The first-order valence-electron chi connectivity index (χ1n) is 38.7. The van der Waals surface area contributed by atoms with E-state index in [1.807, 2.05) is 146 Å². The number of anilines is 8. The van der Waals surface area contributed by atoms with Crippen molar-refractivity contribution in [1.29, 1.82) is 0 Å². The first-order valence-corrected chi connectivity index (χ1v) is 40.8. The van der Waals surface area contributed by atoms with Crippen molar-refractivity contribution in [3.63, 3.8) is 0 Å². The molecule has 34 nitrogen and oxygen atoms in total. The molecule has 1 unspecified atom stereocenters. The molecule has 0 bridgehead atoms. The van der Waals surface area contributed by atoms with Crippen LogP contribution < -0.4 is 42.8 Å². The Hall–Kier alpha value is -18.3. The molecule has 0 saturated heterocycles. The van der Waals surface area contributed by atoms with Crippen molar-refractivity contribution in [2.75, 3.05) is 49.0 Å². The van der Waals surface area contributed by atoms with Crippen LogP contribution in [0.1, 0.15) is 52.4 Å². The third kappa shape index (κ3) is 20.4. The lowest BCUT2D eigenvalue weighted by Gasteiger charge is -2.08. The molecule has 20 aromatic rings. The molecule has 5 amide bonds. The molecule has 0 fully saturated rings. The average Bonchev–Trinajstić information content (AvgIpc) is 1.68. The van der Waals surface area contributed by atoms with Gasteiger partial charge in [-0.3, -0.25) is 89.1 Å². The summed E-state index contributed by atoms with van der Waals surface area (Å²) in [5.74, 6) is 3.34.